The number of hydrazone groups is 1. The van der Waals surface area contributed by atoms with Crippen LogP contribution >= 0.6 is 0 Å². The first-order valence-electron chi connectivity index (χ1n) is 9.61. The van der Waals surface area contributed by atoms with Crippen molar-refractivity contribution in [2.24, 2.45) is 5.10 Å². The molecule has 3 rings (SSSR count). The van der Waals surface area contributed by atoms with Crippen LogP contribution in [0.1, 0.15) is 29.8 Å². The zero-order valence-electron chi connectivity index (χ0n) is 17.5. The molecule has 1 heterocycles. The molecule has 0 spiro atoms. The molecular weight excluding hydrogens is 396 g/mol. The Morgan fingerprint density at radius 2 is 1.94 bits per heavy atom. The third-order valence-corrected chi connectivity index (χ3v) is 4.50. The second-order valence-electron chi connectivity index (χ2n) is 6.53. The number of methoxy groups -OCH3 is 1. The summed E-state index contributed by atoms with van der Waals surface area (Å²) in [4.78, 5) is 24.8. The summed E-state index contributed by atoms with van der Waals surface area (Å²) in [6.45, 7) is 3.93. The molecule has 0 saturated heterocycles. The molecule has 1 aliphatic heterocycles. The fraction of sp³-hybridized carbons (Fsp3) is 0.208. The molecule has 158 valence electrons. The average molecular weight is 418 g/mol. The van der Waals surface area contributed by atoms with Gasteiger partial charge < -0.3 is 14.2 Å². The monoisotopic (exact) mass is 418 g/mol. The van der Waals surface area contributed by atoms with Crippen molar-refractivity contribution in [2.75, 3.05) is 25.3 Å². The molecule has 0 bridgehead atoms. The SMILES string of the molecule is C#CCOc1ccc(/C=C2\C(=O)N(c3ccc(C(=O)OCC)cc3)N=C2C)cc1OC. The lowest BCUT2D eigenvalue weighted by Gasteiger charge is -2.12. The Morgan fingerprint density at radius 1 is 1.19 bits per heavy atom. The number of carbonyl (C=O) groups excluding carboxylic acids is 2. The van der Waals surface area contributed by atoms with E-state index in [0.717, 1.165) is 5.56 Å². The molecule has 7 nitrogen and oxygen atoms in total. The van der Waals surface area contributed by atoms with Crippen LogP contribution in [0.2, 0.25) is 0 Å². The summed E-state index contributed by atoms with van der Waals surface area (Å²) in [6, 6.07) is 11.8. The van der Waals surface area contributed by atoms with Crippen LogP contribution in [0.3, 0.4) is 0 Å². The number of hydrogen-bond donors (Lipinski definition) is 0. The first kappa shape index (κ1) is 21.7. The van der Waals surface area contributed by atoms with Crippen LogP contribution in [0.4, 0.5) is 5.69 Å². The highest BCUT2D eigenvalue weighted by atomic mass is 16.5. The van der Waals surface area contributed by atoms with Crippen LogP contribution in [-0.2, 0) is 9.53 Å². The summed E-state index contributed by atoms with van der Waals surface area (Å²) in [6.07, 6.45) is 6.97. The largest absolute Gasteiger partial charge is 0.493 e. The molecule has 1 amide bonds. The smallest absolute Gasteiger partial charge is 0.338 e. The van der Waals surface area contributed by atoms with Gasteiger partial charge in [0.25, 0.3) is 5.91 Å². The van der Waals surface area contributed by atoms with Crippen molar-refractivity contribution in [3.8, 4) is 23.8 Å². The number of carbonyl (C=O) groups is 2. The van der Waals surface area contributed by atoms with Crippen molar-refractivity contribution in [2.45, 2.75) is 13.8 Å². The number of anilines is 1. The van der Waals surface area contributed by atoms with E-state index in [0.29, 0.717) is 40.6 Å². The first-order valence-corrected chi connectivity index (χ1v) is 9.61. The van der Waals surface area contributed by atoms with E-state index in [1.165, 1.54) is 12.1 Å². The topological polar surface area (TPSA) is 77.4 Å². The number of rotatable bonds is 7. The van der Waals surface area contributed by atoms with E-state index in [-0.39, 0.29) is 12.5 Å². The number of terminal acetylenes is 1. The Bertz CT molecular complexity index is 1090. The summed E-state index contributed by atoms with van der Waals surface area (Å²) >= 11 is 0. The molecule has 0 unspecified atom stereocenters. The van der Waals surface area contributed by atoms with Gasteiger partial charge in [-0.05, 0) is 61.9 Å². The van der Waals surface area contributed by atoms with E-state index in [1.54, 1.807) is 62.4 Å². The fourth-order valence-corrected chi connectivity index (χ4v) is 2.99. The van der Waals surface area contributed by atoms with Crippen LogP contribution in [0.5, 0.6) is 11.5 Å². The standard InChI is InChI=1S/C24H22N2O5/c1-5-13-31-21-12-7-17(15-22(21)29-4)14-20-16(3)25-26(23(20)27)19-10-8-18(9-11-19)24(28)30-6-2/h1,7-12,14-15H,6,13H2,2-4H3/b20-14-. The molecule has 0 atom stereocenters. The van der Waals surface area contributed by atoms with Gasteiger partial charge in [0, 0.05) is 0 Å². The summed E-state index contributed by atoms with van der Waals surface area (Å²) in [5.74, 6) is 2.76. The number of amides is 1. The minimum atomic E-state index is -0.411. The van der Waals surface area contributed by atoms with Crippen molar-refractivity contribution in [1.29, 1.82) is 0 Å². The summed E-state index contributed by atoms with van der Waals surface area (Å²) in [5.41, 5.74) is 2.74. The second kappa shape index (κ2) is 9.63. The molecule has 0 fully saturated rings. The van der Waals surface area contributed by atoms with E-state index in [2.05, 4.69) is 11.0 Å². The maximum absolute atomic E-state index is 13.0. The zero-order chi connectivity index (χ0) is 22.4. The van der Waals surface area contributed by atoms with Gasteiger partial charge in [0.05, 0.1) is 36.3 Å². The van der Waals surface area contributed by atoms with Gasteiger partial charge in [0.1, 0.15) is 6.61 Å². The first-order chi connectivity index (χ1) is 15.0. The van der Waals surface area contributed by atoms with Gasteiger partial charge >= 0.3 is 5.97 Å². The van der Waals surface area contributed by atoms with Gasteiger partial charge in [-0.1, -0.05) is 12.0 Å². The Morgan fingerprint density at radius 3 is 2.58 bits per heavy atom. The number of nitrogens with zero attached hydrogens (tertiary/aromatic N) is 2. The quantitative estimate of drug-likeness (QED) is 0.389. The van der Waals surface area contributed by atoms with Crippen molar-refractivity contribution in [3.63, 3.8) is 0 Å². The van der Waals surface area contributed by atoms with E-state index in [1.807, 2.05) is 0 Å². The van der Waals surface area contributed by atoms with E-state index >= 15 is 0 Å². The van der Waals surface area contributed by atoms with Crippen molar-refractivity contribution < 1.29 is 23.8 Å². The highest BCUT2D eigenvalue weighted by Gasteiger charge is 2.29. The van der Waals surface area contributed by atoms with Gasteiger partial charge in [-0.2, -0.15) is 10.1 Å². The lowest BCUT2D eigenvalue weighted by molar-refractivity contribution is -0.114. The fourth-order valence-electron chi connectivity index (χ4n) is 2.99. The lowest BCUT2D eigenvalue weighted by atomic mass is 10.1. The van der Waals surface area contributed by atoms with Crippen molar-refractivity contribution in [3.05, 3.63) is 59.2 Å². The number of benzene rings is 2. The number of ether oxygens (including phenoxy) is 3. The maximum atomic E-state index is 13.0. The molecule has 0 radical (unpaired) electrons. The van der Waals surface area contributed by atoms with Crippen LogP contribution in [0, 0.1) is 12.3 Å². The Labute approximate surface area is 180 Å². The third kappa shape index (κ3) is 4.75. The molecule has 0 aromatic heterocycles. The van der Waals surface area contributed by atoms with Crippen molar-refractivity contribution in [1.82, 2.24) is 0 Å². The summed E-state index contributed by atoms with van der Waals surface area (Å²) < 4.78 is 15.8. The van der Waals surface area contributed by atoms with Crippen molar-refractivity contribution >= 4 is 29.4 Å². The van der Waals surface area contributed by atoms with E-state index < -0.39 is 5.97 Å². The van der Waals surface area contributed by atoms with E-state index in [4.69, 9.17) is 20.6 Å². The molecule has 0 aliphatic carbocycles. The Kier molecular flexibility index (Phi) is 6.73. The third-order valence-electron chi connectivity index (χ3n) is 4.50. The Balaban J connectivity index is 1.83. The van der Waals surface area contributed by atoms with Gasteiger partial charge in [-0.3, -0.25) is 4.79 Å². The van der Waals surface area contributed by atoms with Crippen LogP contribution in [-0.4, -0.2) is 37.9 Å². The van der Waals surface area contributed by atoms with Gasteiger partial charge in [-0.25, -0.2) is 4.79 Å². The van der Waals surface area contributed by atoms with Crippen LogP contribution in [0.15, 0.2) is 53.1 Å². The normalized spacial score (nSPS) is 14.3. The number of hydrogen-bond acceptors (Lipinski definition) is 6. The number of esters is 1. The molecule has 0 saturated carbocycles. The van der Waals surface area contributed by atoms with Gasteiger partial charge in [0.2, 0.25) is 0 Å². The molecule has 1 aliphatic rings. The van der Waals surface area contributed by atoms with Gasteiger partial charge in [0.15, 0.2) is 11.5 Å². The predicted molar refractivity (Wildman–Crippen MR) is 118 cm³/mol. The predicted octanol–water partition coefficient (Wildman–Crippen LogP) is 3.69. The highest BCUT2D eigenvalue weighted by molar-refractivity contribution is 6.32. The second-order valence-corrected chi connectivity index (χ2v) is 6.53. The van der Waals surface area contributed by atoms with Crippen LogP contribution in [0.25, 0.3) is 6.08 Å². The average Bonchev–Trinajstić information content (AvgIpc) is 3.06. The molecule has 31 heavy (non-hydrogen) atoms. The van der Waals surface area contributed by atoms with E-state index in [9.17, 15) is 9.59 Å². The lowest BCUT2D eigenvalue weighted by Crippen LogP contribution is -2.21. The summed E-state index contributed by atoms with van der Waals surface area (Å²) in [5, 5.41) is 5.67. The molecular formula is C24H22N2O5. The zero-order valence-corrected chi connectivity index (χ0v) is 17.5. The minimum absolute atomic E-state index is 0.130. The van der Waals surface area contributed by atoms with Crippen LogP contribution < -0.4 is 14.5 Å². The maximum Gasteiger partial charge on any atom is 0.338 e. The minimum Gasteiger partial charge on any atom is -0.493 e. The highest BCUT2D eigenvalue weighted by Crippen LogP contribution is 2.30. The van der Waals surface area contributed by atoms with Gasteiger partial charge in [-0.15, -0.1) is 6.42 Å². The molecule has 2 aromatic carbocycles. The molecule has 0 N–H and O–H groups in total. The molecule has 7 heteroatoms. The Hall–Kier alpha value is -4.05. The molecule has 2 aromatic rings. The summed E-state index contributed by atoms with van der Waals surface area (Å²) in [7, 11) is 1.53.